The molecule has 1 aliphatic rings. The molecule has 0 atom stereocenters. The average molecular weight is 309 g/mol. The van der Waals surface area contributed by atoms with Crippen molar-refractivity contribution in [3.63, 3.8) is 0 Å². The summed E-state index contributed by atoms with van der Waals surface area (Å²) in [6, 6.07) is 6.52. The van der Waals surface area contributed by atoms with Crippen LogP contribution in [0.15, 0.2) is 77.5 Å². The molecule has 0 spiro atoms. The summed E-state index contributed by atoms with van der Waals surface area (Å²) in [5.41, 5.74) is 3.68. The molecule has 1 N–H and O–H groups in total. The zero-order chi connectivity index (χ0) is 16.7. The fourth-order valence-corrected chi connectivity index (χ4v) is 2.08. The Labute approximate surface area is 135 Å². The quantitative estimate of drug-likeness (QED) is 0.635. The number of benzene rings is 1. The second kappa shape index (κ2) is 7.94. The third kappa shape index (κ3) is 4.81. The van der Waals surface area contributed by atoms with Gasteiger partial charge in [-0.25, -0.2) is 4.79 Å². The van der Waals surface area contributed by atoms with Gasteiger partial charge in [0.25, 0.3) is 0 Å². The van der Waals surface area contributed by atoms with E-state index in [0.29, 0.717) is 17.9 Å². The van der Waals surface area contributed by atoms with Crippen LogP contribution in [0.5, 0.6) is 0 Å². The van der Waals surface area contributed by atoms with Crippen molar-refractivity contribution >= 4 is 11.7 Å². The SMILES string of the molecule is C=C/C(=N\OCC1=CC=C(C)C=CC1)c1cccc(C(=O)O)c1. The number of allylic oxidation sites excluding steroid dienone is 6. The molecule has 2 rings (SSSR count). The van der Waals surface area contributed by atoms with Crippen molar-refractivity contribution in [3.8, 4) is 0 Å². The molecule has 0 saturated heterocycles. The molecule has 4 heteroatoms. The molecule has 0 bridgehead atoms. The predicted molar refractivity (Wildman–Crippen MR) is 91.7 cm³/mol. The Kier molecular flexibility index (Phi) is 5.69. The van der Waals surface area contributed by atoms with Crippen LogP contribution in [0.4, 0.5) is 0 Å². The number of hydrogen-bond donors (Lipinski definition) is 1. The van der Waals surface area contributed by atoms with Gasteiger partial charge in [0.2, 0.25) is 0 Å². The van der Waals surface area contributed by atoms with Gasteiger partial charge in [-0.15, -0.1) is 0 Å². The topological polar surface area (TPSA) is 58.9 Å². The highest BCUT2D eigenvalue weighted by atomic mass is 16.6. The summed E-state index contributed by atoms with van der Waals surface area (Å²) >= 11 is 0. The molecule has 4 nitrogen and oxygen atoms in total. The second-order valence-corrected chi connectivity index (χ2v) is 5.18. The van der Waals surface area contributed by atoms with E-state index in [1.54, 1.807) is 24.3 Å². The van der Waals surface area contributed by atoms with Crippen molar-refractivity contribution in [2.75, 3.05) is 6.61 Å². The Balaban J connectivity index is 2.08. The fourth-order valence-electron chi connectivity index (χ4n) is 2.08. The van der Waals surface area contributed by atoms with E-state index in [-0.39, 0.29) is 5.56 Å². The number of hydrogen-bond acceptors (Lipinski definition) is 3. The number of aromatic carboxylic acids is 1. The van der Waals surface area contributed by atoms with E-state index < -0.39 is 5.97 Å². The summed E-state index contributed by atoms with van der Waals surface area (Å²) in [5, 5.41) is 13.1. The molecular weight excluding hydrogens is 290 g/mol. The highest BCUT2D eigenvalue weighted by molar-refractivity contribution is 6.09. The number of rotatable bonds is 6. The summed E-state index contributed by atoms with van der Waals surface area (Å²) in [5.74, 6) is -0.978. The Morgan fingerprint density at radius 3 is 2.91 bits per heavy atom. The second-order valence-electron chi connectivity index (χ2n) is 5.18. The van der Waals surface area contributed by atoms with Gasteiger partial charge < -0.3 is 9.94 Å². The van der Waals surface area contributed by atoms with Gasteiger partial charge in [0.1, 0.15) is 12.3 Å². The molecule has 1 aliphatic carbocycles. The zero-order valence-electron chi connectivity index (χ0n) is 13.0. The third-order valence-electron chi connectivity index (χ3n) is 3.35. The van der Waals surface area contributed by atoms with Gasteiger partial charge >= 0.3 is 5.97 Å². The van der Waals surface area contributed by atoms with Crippen molar-refractivity contribution in [3.05, 3.63) is 83.5 Å². The molecule has 0 fully saturated rings. The van der Waals surface area contributed by atoms with Gasteiger partial charge in [0, 0.05) is 5.56 Å². The Bertz CT molecular complexity index is 724. The van der Waals surface area contributed by atoms with Crippen molar-refractivity contribution in [2.45, 2.75) is 13.3 Å². The number of nitrogens with zero attached hydrogens (tertiary/aromatic N) is 1. The summed E-state index contributed by atoms with van der Waals surface area (Å²) in [6.45, 7) is 6.13. The molecule has 1 aromatic rings. The molecule has 23 heavy (non-hydrogen) atoms. The van der Waals surface area contributed by atoms with Gasteiger partial charge in [-0.2, -0.15) is 0 Å². The lowest BCUT2D eigenvalue weighted by Gasteiger charge is -2.05. The first-order valence-corrected chi connectivity index (χ1v) is 7.29. The normalized spacial score (nSPS) is 14.6. The van der Waals surface area contributed by atoms with Crippen LogP contribution in [-0.2, 0) is 4.84 Å². The smallest absolute Gasteiger partial charge is 0.335 e. The maximum absolute atomic E-state index is 11.0. The molecule has 1 aromatic carbocycles. The average Bonchev–Trinajstić information content (AvgIpc) is 2.76. The van der Waals surface area contributed by atoms with E-state index >= 15 is 0 Å². The van der Waals surface area contributed by atoms with Crippen LogP contribution in [0.25, 0.3) is 0 Å². The fraction of sp³-hybridized carbons (Fsp3) is 0.158. The van der Waals surface area contributed by atoms with Crippen LogP contribution >= 0.6 is 0 Å². The Morgan fingerprint density at radius 1 is 1.39 bits per heavy atom. The first kappa shape index (κ1) is 16.5. The maximum atomic E-state index is 11.0. The number of carbonyl (C=O) groups is 1. The van der Waals surface area contributed by atoms with E-state index in [9.17, 15) is 4.79 Å². The third-order valence-corrected chi connectivity index (χ3v) is 3.35. The van der Waals surface area contributed by atoms with E-state index in [1.165, 1.54) is 11.6 Å². The minimum atomic E-state index is -0.978. The molecule has 0 aromatic heterocycles. The molecule has 118 valence electrons. The van der Waals surface area contributed by atoms with Gasteiger partial charge in [0.05, 0.1) is 5.56 Å². The van der Waals surface area contributed by atoms with E-state index in [1.807, 2.05) is 19.1 Å². The summed E-state index contributed by atoms with van der Waals surface area (Å²) < 4.78 is 0. The lowest BCUT2D eigenvalue weighted by Crippen LogP contribution is -2.03. The summed E-state index contributed by atoms with van der Waals surface area (Å²) in [4.78, 5) is 16.4. The van der Waals surface area contributed by atoms with Gasteiger partial charge in [-0.3, -0.25) is 0 Å². The van der Waals surface area contributed by atoms with Crippen LogP contribution in [0, 0.1) is 0 Å². The highest BCUT2D eigenvalue weighted by Gasteiger charge is 2.06. The van der Waals surface area contributed by atoms with Gasteiger partial charge in [-0.05, 0) is 37.1 Å². The van der Waals surface area contributed by atoms with Crippen molar-refractivity contribution < 1.29 is 14.7 Å². The minimum absolute atomic E-state index is 0.203. The first-order valence-electron chi connectivity index (χ1n) is 7.29. The molecule has 0 heterocycles. The molecule has 0 unspecified atom stereocenters. The largest absolute Gasteiger partial charge is 0.478 e. The summed E-state index contributed by atoms with van der Waals surface area (Å²) in [7, 11) is 0. The predicted octanol–water partition coefficient (Wildman–Crippen LogP) is 4.12. The van der Waals surface area contributed by atoms with Gasteiger partial charge in [-0.1, -0.05) is 53.7 Å². The standard InChI is InChI=1S/C19H19NO3/c1-3-18(16-8-5-9-17(12-16)19(21)22)20-23-13-15-7-4-6-14(2)10-11-15/h3-6,8-12H,1,7,13H2,2H3,(H,21,22)/b20-18+. The maximum Gasteiger partial charge on any atom is 0.335 e. The van der Waals surface area contributed by atoms with Crippen molar-refractivity contribution in [1.29, 1.82) is 0 Å². The van der Waals surface area contributed by atoms with Crippen LogP contribution in [-0.4, -0.2) is 23.4 Å². The van der Waals surface area contributed by atoms with Crippen molar-refractivity contribution in [1.82, 2.24) is 0 Å². The number of oxime groups is 1. The van der Waals surface area contributed by atoms with E-state index in [0.717, 1.165) is 12.0 Å². The highest BCUT2D eigenvalue weighted by Crippen LogP contribution is 2.12. The monoisotopic (exact) mass is 309 g/mol. The molecular formula is C19H19NO3. The van der Waals surface area contributed by atoms with E-state index in [4.69, 9.17) is 9.94 Å². The van der Waals surface area contributed by atoms with Crippen LogP contribution in [0.1, 0.15) is 29.3 Å². The Hall–Kier alpha value is -2.88. The molecule has 0 aliphatic heterocycles. The summed E-state index contributed by atoms with van der Waals surface area (Å²) in [6.07, 6.45) is 10.6. The molecule has 0 saturated carbocycles. The van der Waals surface area contributed by atoms with Crippen LogP contribution in [0.3, 0.4) is 0 Å². The number of carboxylic acid groups (broad SMARTS) is 1. The van der Waals surface area contributed by atoms with Crippen molar-refractivity contribution in [2.24, 2.45) is 5.16 Å². The number of carboxylic acids is 1. The first-order chi connectivity index (χ1) is 11.1. The lowest BCUT2D eigenvalue weighted by molar-refractivity contribution is 0.0697. The molecule has 0 amide bonds. The Morgan fingerprint density at radius 2 is 2.17 bits per heavy atom. The van der Waals surface area contributed by atoms with Gasteiger partial charge in [0.15, 0.2) is 0 Å². The molecule has 0 radical (unpaired) electrons. The lowest BCUT2D eigenvalue weighted by atomic mass is 10.1. The van der Waals surface area contributed by atoms with Crippen LogP contribution in [0.2, 0.25) is 0 Å². The van der Waals surface area contributed by atoms with Crippen LogP contribution < -0.4 is 0 Å². The van der Waals surface area contributed by atoms with E-state index in [2.05, 4.69) is 23.9 Å². The zero-order valence-corrected chi connectivity index (χ0v) is 13.0. The minimum Gasteiger partial charge on any atom is -0.478 e.